The summed E-state index contributed by atoms with van der Waals surface area (Å²) in [4.78, 5) is 28.2. The van der Waals surface area contributed by atoms with Gasteiger partial charge in [-0.2, -0.15) is 0 Å². The molecule has 0 aliphatic carbocycles. The number of hydrogen-bond acceptors (Lipinski definition) is 4. The molecule has 0 radical (unpaired) electrons. The lowest BCUT2D eigenvalue weighted by Crippen LogP contribution is -2.44. The van der Waals surface area contributed by atoms with Gasteiger partial charge in [-0.05, 0) is 38.8 Å². The number of likely N-dealkylation sites (tertiary alicyclic amines) is 1. The van der Waals surface area contributed by atoms with E-state index in [9.17, 15) is 14.7 Å². The van der Waals surface area contributed by atoms with Crippen LogP contribution in [0.5, 0.6) is 0 Å². The molecule has 5 nitrogen and oxygen atoms in total. The van der Waals surface area contributed by atoms with Crippen molar-refractivity contribution >= 4 is 11.7 Å². The van der Waals surface area contributed by atoms with Crippen molar-refractivity contribution in [1.29, 1.82) is 0 Å². The van der Waals surface area contributed by atoms with Crippen LogP contribution in [-0.4, -0.2) is 58.9 Å². The fourth-order valence-electron chi connectivity index (χ4n) is 3.03. The second kappa shape index (κ2) is 8.94. The minimum absolute atomic E-state index is 0.105. The molecule has 0 bridgehead atoms. The number of Topliss-reactive ketones (excluding diaryl/α,β-unsaturated/α-hetero) is 1. The van der Waals surface area contributed by atoms with E-state index in [-0.39, 0.29) is 24.2 Å². The highest BCUT2D eigenvalue weighted by Gasteiger charge is 2.28. The van der Waals surface area contributed by atoms with Crippen LogP contribution in [0.2, 0.25) is 0 Å². The van der Waals surface area contributed by atoms with E-state index in [2.05, 4.69) is 0 Å². The van der Waals surface area contributed by atoms with Gasteiger partial charge in [0.1, 0.15) is 6.10 Å². The number of aliphatic hydroxyl groups excluding tert-OH is 1. The molecule has 24 heavy (non-hydrogen) atoms. The quantitative estimate of drug-likeness (QED) is 0.828. The Bertz CT molecular complexity index is 541. The number of carbonyl (C=O) groups excluding carboxylic acids is 2. The van der Waals surface area contributed by atoms with Crippen molar-refractivity contribution < 1.29 is 14.7 Å². The lowest BCUT2D eigenvalue weighted by atomic mass is 10.0. The molecule has 1 aromatic rings. The highest BCUT2D eigenvalue weighted by atomic mass is 16.3. The highest BCUT2D eigenvalue weighted by molar-refractivity contribution is 5.90. The number of likely N-dealkylation sites (N-methyl/N-ethyl adjacent to an activating group) is 1. The molecule has 1 aliphatic rings. The molecule has 1 aliphatic heterocycles. The van der Waals surface area contributed by atoms with Crippen LogP contribution in [-0.2, 0) is 16.1 Å². The first-order valence-electron chi connectivity index (χ1n) is 8.72. The van der Waals surface area contributed by atoms with Crippen molar-refractivity contribution in [2.45, 2.75) is 51.3 Å². The Morgan fingerprint density at radius 2 is 1.79 bits per heavy atom. The molecule has 5 heteroatoms. The minimum Gasteiger partial charge on any atom is -0.383 e. The molecule has 1 amide bonds. The number of piperidine rings is 1. The fourth-order valence-corrected chi connectivity index (χ4v) is 3.03. The molecule has 1 saturated heterocycles. The lowest BCUT2D eigenvalue weighted by molar-refractivity contribution is -0.144. The number of amides is 1. The number of hydrogen-bond donors (Lipinski definition) is 1. The Hall–Kier alpha value is -1.72. The van der Waals surface area contributed by atoms with Gasteiger partial charge >= 0.3 is 0 Å². The molecule has 1 aromatic carbocycles. The molecule has 1 heterocycles. The van der Waals surface area contributed by atoms with E-state index in [0.717, 1.165) is 24.8 Å². The summed E-state index contributed by atoms with van der Waals surface area (Å²) in [6.07, 6.45) is 1.74. The van der Waals surface area contributed by atoms with Gasteiger partial charge in [0.15, 0.2) is 5.78 Å². The number of aliphatic hydroxyl groups is 1. The summed E-state index contributed by atoms with van der Waals surface area (Å²) >= 11 is 0. The van der Waals surface area contributed by atoms with Gasteiger partial charge in [-0.1, -0.05) is 30.3 Å². The van der Waals surface area contributed by atoms with Crippen molar-refractivity contribution in [2.24, 2.45) is 0 Å². The van der Waals surface area contributed by atoms with Crippen molar-refractivity contribution in [1.82, 2.24) is 9.80 Å². The predicted octanol–water partition coefficient (Wildman–Crippen LogP) is 1.84. The van der Waals surface area contributed by atoms with Crippen LogP contribution >= 0.6 is 0 Å². The number of carbonyl (C=O) groups is 2. The first-order valence-corrected chi connectivity index (χ1v) is 8.72. The maximum Gasteiger partial charge on any atom is 0.251 e. The molecule has 1 fully saturated rings. The Balaban J connectivity index is 1.84. The van der Waals surface area contributed by atoms with Crippen LogP contribution < -0.4 is 0 Å². The molecule has 0 aromatic heterocycles. The topological polar surface area (TPSA) is 60.9 Å². The number of rotatable bonds is 7. The summed E-state index contributed by atoms with van der Waals surface area (Å²) in [5, 5.41) is 10.1. The number of benzene rings is 1. The zero-order valence-electron chi connectivity index (χ0n) is 14.6. The predicted molar refractivity (Wildman–Crippen MR) is 93.4 cm³/mol. The van der Waals surface area contributed by atoms with Crippen LogP contribution in [0, 0.1) is 0 Å². The number of ketones is 1. The molecular weight excluding hydrogens is 304 g/mol. The third-order valence-electron chi connectivity index (χ3n) is 4.75. The van der Waals surface area contributed by atoms with Crippen LogP contribution in [0.1, 0.15) is 38.2 Å². The Labute approximate surface area is 144 Å². The van der Waals surface area contributed by atoms with Gasteiger partial charge in [-0.3, -0.25) is 14.5 Å². The summed E-state index contributed by atoms with van der Waals surface area (Å²) < 4.78 is 0. The summed E-state index contributed by atoms with van der Waals surface area (Å²) in [7, 11) is 1.88. The van der Waals surface area contributed by atoms with Gasteiger partial charge in [0.2, 0.25) is 0 Å². The molecule has 132 valence electrons. The zero-order chi connectivity index (χ0) is 17.5. The van der Waals surface area contributed by atoms with E-state index >= 15 is 0 Å². The van der Waals surface area contributed by atoms with Crippen molar-refractivity contribution in [3.8, 4) is 0 Å². The smallest absolute Gasteiger partial charge is 0.251 e. The van der Waals surface area contributed by atoms with Gasteiger partial charge in [-0.15, -0.1) is 0 Å². The van der Waals surface area contributed by atoms with Crippen molar-refractivity contribution in [3.05, 3.63) is 35.9 Å². The van der Waals surface area contributed by atoms with E-state index in [0.29, 0.717) is 19.6 Å². The van der Waals surface area contributed by atoms with Crippen LogP contribution in [0.4, 0.5) is 0 Å². The monoisotopic (exact) mass is 332 g/mol. The third kappa shape index (κ3) is 5.14. The standard InChI is InChI=1S/C19H28N2O3/c1-15(20(2)14-16-9-5-3-6-10-16)17(22)13-18(23)19(24)21-11-7-4-8-12-21/h3,5-6,9-10,15,18,23H,4,7-8,11-14H2,1-2H3/t15-,18?/m0/s1. The highest BCUT2D eigenvalue weighted by Crippen LogP contribution is 2.13. The Morgan fingerprint density at radius 3 is 2.42 bits per heavy atom. The summed E-state index contributed by atoms with van der Waals surface area (Å²) in [5.74, 6) is -0.410. The second-order valence-corrected chi connectivity index (χ2v) is 6.65. The Morgan fingerprint density at radius 1 is 1.17 bits per heavy atom. The van der Waals surface area contributed by atoms with Crippen LogP contribution in [0.15, 0.2) is 30.3 Å². The van der Waals surface area contributed by atoms with Gasteiger partial charge in [0, 0.05) is 26.1 Å². The third-order valence-corrected chi connectivity index (χ3v) is 4.75. The maximum atomic E-state index is 12.4. The van der Waals surface area contributed by atoms with Gasteiger partial charge < -0.3 is 10.0 Å². The Kier molecular flexibility index (Phi) is 6.94. The number of nitrogens with zero attached hydrogens (tertiary/aromatic N) is 2. The SMILES string of the molecule is C[C@@H](C(=O)CC(O)C(=O)N1CCCCC1)N(C)Cc1ccccc1. The molecule has 0 spiro atoms. The fraction of sp³-hybridized carbons (Fsp3) is 0.579. The van der Waals surface area contributed by atoms with E-state index < -0.39 is 6.10 Å². The minimum atomic E-state index is -1.22. The van der Waals surface area contributed by atoms with E-state index in [1.165, 1.54) is 0 Å². The lowest BCUT2D eigenvalue weighted by Gasteiger charge is -2.29. The normalized spacial score (nSPS) is 17.6. The van der Waals surface area contributed by atoms with E-state index in [1.54, 1.807) is 4.90 Å². The summed E-state index contributed by atoms with van der Waals surface area (Å²) in [5.41, 5.74) is 1.13. The molecule has 2 atom stereocenters. The van der Waals surface area contributed by atoms with Gasteiger partial charge in [-0.25, -0.2) is 0 Å². The molecule has 2 rings (SSSR count). The van der Waals surface area contributed by atoms with Crippen LogP contribution in [0.3, 0.4) is 0 Å². The maximum absolute atomic E-state index is 12.4. The largest absolute Gasteiger partial charge is 0.383 e. The molecule has 1 unspecified atom stereocenters. The van der Waals surface area contributed by atoms with E-state index in [4.69, 9.17) is 0 Å². The van der Waals surface area contributed by atoms with Crippen molar-refractivity contribution in [3.63, 3.8) is 0 Å². The molecule has 1 N–H and O–H groups in total. The van der Waals surface area contributed by atoms with Gasteiger partial charge in [0.25, 0.3) is 5.91 Å². The van der Waals surface area contributed by atoms with Gasteiger partial charge in [0.05, 0.1) is 6.04 Å². The first-order chi connectivity index (χ1) is 11.5. The van der Waals surface area contributed by atoms with E-state index in [1.807, 2.05) is 49.2 Å². The molecular formula is C19H28N2O3. The molecule has 0 saturated carbocycles. The first kappa shape index (κ1) is 18.6. The van der Waals surface area contributed by atoms with Crippen molar-refractivity contribution in [2.75, 3.05) is 20.1 Å². The summed E-state index contributed by atoms with van der Waals surface area (Å²) in [6, 6.07) is 9.59. The zero-order valence-corrected chi connectivity index (χ0v) is 14.6. The second-order valence-electron chi connectivity index (χ2n) is 6.65. The average Bonchev–Trinajstić information content (AvgIpc) is 2.61. The van der Waals surface area contributed by atoms with Crippen LogP contribution in [0.25, 0.3) is 0 Å². The summed E-state index contributed by atoms with van der Waals surface area (Å²) in [6.45, 7) is 3.86. The average molecular weight is 332 g/mol.